The van der Waals surface area contributed by atoms with Crippen LogP contribution in [0.4, 0.5) is 0 Å². The molecule has 0 unspecified atom stereocenters. The summed E-state index contributed by atoms with van der Waals surface area (Å²) in [6.45, 7) is 0. The summed E-state index contributed by atoms with van der Waals surface area (Å²) >= 11 is 0. The zero-order valence-electron chi connectivity index (χ0n) is 3.67. The van der Waals surface area contributed by atoms with Gasteiger partial charge in [-0.05, 0) is 0 Å². The molecule has 0 aliphatic heterocycles. The molecule has 0 fully saturated rings. The van der Waals surface area contributed by atoms with Crippen molar-refractivity contribution < 1.29 is 14.4 Å². The van der Waals surface area contributed by atoms with Gasteiger partial charge < -0.3 is 0 Å². The number of hydrogen-bond acceptors (Lipinski definition) is 4. The first-order chi connectivity index (χ1) is 3.33. The maximum atomic E-state index is 8.88. The molecule has 0 spiro atoms. The molecule has 4 nitrogen and oxygen atoms in total. The third-order valence-electron chi connectivity index (χ3n) is 0.0913. The average molecular weight is 101 g/mol. The standard InChI is InChI=1S/C2H3NO.CO2/c1-3-2-4;2-1-3/h1H3;. The van der Waals surface area contributed by atoms with Crippen LogP contribution in [0.2, 0.25) is 0 Å². The quantitative estimate of drug-likeness (QED) is 0.301. The molecule has 38 valence electrons. The SMILES string of the molecule is CN=C=O.O=C=O. The van der Waals surface area contributed by atoms with Crippen LogP contribution in [0.15, 0.2) is 4.99 Å². The fraction of sp³-hybridized carbons (Fsp3) is 0.333. The molecule has 7 heavy (non-hydrogen) atoms. The van der Waals surface area contributed by atoms with Gasteiger partial charge in [-0.2, -0.15) is 9.59 Å². The smallest absolute Gasteiger partial charge is 0.211 e. The van der Waals surface area contributed by atoms with Crippen LogP contribution in [0.3, 0.4) is 0 Å². The molecule has 0 radical (unpaired) electrons. The Kier molecular flexibility index (Phi) is 28.6. The van der Waals surface area contributed by atoms with Crippen molar-refractivity contribution in [2.45, 2.75) is 0 Å². The van der Waals surface area contributed by atoms with Gasteiger partial charge in [0.1, 0.15) is 0 Å². The van der Waals surface area contributed by atoms with Crippen molar-refractivity contribution in [1.82, 2.24) is 0 Å². The number of carbonyl (C=O) groups excluding carboxylic acids is 3. The molecule has 0 rings (SSSR count). The van der Waals surface area contributed by atoms with Crippen molar-refractivity contribution in [1.29, 1.82) is 0 Å². The first kappa shape index (κ1) is 9.23. The molecule has 0 saturated carbocycles. The van der Waals surface area contributed by atoms with E-state index in [0.29, 0.717) is 0 Å². The Morgan fingerprint density at radius 2 is 1.43 bits per heavy atom. The molecule has 0 saturated heterocycles. The zero-order chi connectivity index (χ0) is 6.12. The minimum absolute atomic E-state index is 0.250. The lowest BCUT2D eigenvalue weighted by molar-refractivity contribution is -0.191. The van der Waals surface area contributed by atoms with Gasteiger partial charge in [0.15, 0.2) is 0 Å². The molecule has 0 aliphatic rings. The van der Waals surface area contributed by atoms with E-state index in [1.807, 2.05) is 0 Å². The van der Waals surface area contributed by atoms with Crippen molar-refractivity contribution in [2.75, 3.05) is 7.05 Å². The van der Waals surface area contributed by atoms with Gasteiger partial charge in [-0.1, -0.05) is 0 Å². The zero-order valence-corrected chi connectivity index (χ0v) is 3.67. The molecule has 0 aromatic heterocycles. The highest BCUT2D eigenvalue weighted by atomic mass is 16.2. The number of isocyanates is 1. The Morgan fingerprint density at radius 3 is 1.43 bits per heavy atom. The van der Waals surface area contributed by atoms with Gasteiger partial charge >= 0.3 is 6.15 Å². The van der Waals surface area contributed by atoms with Crippen LogP contribution in [0.1, 0.15) is 0 Å². The van der Waals surface area contributed by atoms with Crippen LogP contribution in [0.25, 0.3) is 0 Å². The Balaban J connectivity index is 0. The van der Waals surface area contributed by atoms with Gasteiger partial charge in [0.2, 0.25) is 6.08 Å². The third-order valence-corrected chi connectivity index (χ3v) is 0.0913. The minimum Gasteiger partial charge on any atom is -0.211 e. The molecular weight excluding hydrogens is 98.0 g/mol. The minimum atomic E-state index is 0.250. The fourth-order valence-electron chi connectivity index (χ4n) is 0. The second-order valence-corrected chi connectivity index (χ2v) is 0.398. The van der Waals surface area contributed by atoms with E-state index in [1.54, 1.807) is 0 Å². The highest BCUT2D eigenvalue weighted by molar-refractivity contribution is 5.32. The van der Waals surface area contributed by atoms with E-state index in [1.165, 1.54) is 13.1 Å². The summed E-state index contributed by atoms with van der Waals surface area (Å²) in [5.41, 5.74) is 0. The highest BCUT2D eigenvalue weighted by Gasteiger charge is 1.29. The van der Waals surface area contributed by atoms with Crippen LogP contribution in [-0.4, -0.2) is 19.3 Å². The molecule has 4 heteroatoms. The fourth-order valence-corrected chi connectivity index (χ4v) is 0. The van der Waals surface area contributed by atoms with E-state index in [4.69, 9.17) is 14.4 Å². The molecule has 0 aliphatic carbocycles. The van der Waals surface area contributed by atoms with Crippen molar-refractivity contribution in [3.8, 4) is 0 Å². The molecule has 0 N–H and O–H groups in total. The van der Waals surface area contributed by atoms with Crippen LogP contribution in [0.5, 0.6) is 0 Å². The Labute approximate surface area is 39.9 Å². The van der Waals surface area contributed by atoms with Gasteiger partial charge in [-0.25, -0.2) is 9.79 Å². The molecule has 0 amide bonds. The van der Waals surface area contributed by atoms with Gasteiger partial charge in [0.25, 0.3) is 0 Å². The predicted molar refractivity (Wildman–Crippen MR) is 19.1 cm³/mol. The van der Waals surface area contributed by atoms with Crippen molar-refractivity contribution in [3.05, 3.63) is 0 Å². The van der Waals surface area contributed by atoms with Gasteiger partial charge in [0.05, 0.1) is 0 Å². The Hall–Kier alpha value is -1.24. The Morgan fingerprint density at radius 1 is 1.29 bits per heavy atom. The summed E-state index contributed by atoms with van der Waals surface area (Å²) in [7, 11) is 1.38. The van der Waals surface area contributed by atoms with Crippen molar-refractivity contribution >= 4 is 12.2 Å². The first-order valence-corrected chi connectivity index (χ1v) is 1.28. The molecule has 0 atom stereocenters. The summed E-state index contributed by atoms with van der Waals surface area (Å²) in [5.74, 6) is 0. The first-order valence-electron chi connectivity index (χ1n) is 1.28. The van der Waals surface area contributed by atoms with Crippen LogP contribution >= 0.6 is 0 Å². The number of aliphatic imine (C=N–C) groups is 1. The second-order valence-electron chi connectivity index (χ2n) is 0.398. The average Bonchev–Trinajstić information content (AvgIpc) is 1.69. The number of hydrogen-bond donors (Lipinski definition) is 0. The summed E-state index contributed by atoms with van der Waals surface area (Å²) in [6.07, 6.45) is 1.56. The van der Waals surface area contributed by atoms with Crippen LogP contribution in [-0.2, 0) is 14.4 Å². The Bertz CT molecular complexity index is 96.7. The second kappa shape index (κ2) is 21.7. The van der Waals surface area contributed by atoms with Gasteiger partial charge in [-0.3, -0.25) is 0 Å². The van der Waals surface area contributed by atoms with Crippen LogP contribution in [0, 0.1) is 0 Å². The van der Waals surface area contributed by atoms with E-state index in [0.717, 1.165) is 0 Å². The van der Waals surface area contributed by atoms with E-state index in [2.05, 4.69) is 4.99 Å². The molecular formula is C3H3NO3. The van der Waals surface area contributed by atoms with E-state index < -0.39 is 0 Å². The lowest BCUT2D eigenvalue weighted by atomic mass is 11.4. The summed E-state index contributed by atoms with van der Waals surface area (Å²) < 4.78 is 0. The number of rotatable bonds is 0. The van der Waals surface area contributed by atoms with Crippen LogP contribution < -0.4 is 0 Å². The maximum Gasteiger partial charge on any atom is 0.373 e. The normalized spacial score (nSPS) is 3.57. The van der Waals surface area contributed by atoms with Gasteiger partial charge in [-0.15, -0.1) is 0 Å². The van der Waals surface area contributed by atoms with E-state index in [9.17, 15) is 0 Å². The molecule has 0 aromatic carbocycles. The van der Waals surface area contributed by atoms with Crippen molar-refractivity contribution in [3.63, 3.8) is 0 Å². The molecule has 0 bridgehead atoms. The van der Waals surface area contributed by atoms with E-state index in [-0.39, 0.29) is 6.15 Å². The van der Waals surface area contributed by atoms with E-state index >= 15 is 0 Å². The predicted octanol–water partition coefficient (Wildman–Crippen LogP) is -0.631. The van der Waals surface area contributed by atoms with Crippen molar-refractivity contribution in [2.24, 2.45) is 4.99 Å². The number of nitrogens with zero attached hydrogens (tertiary/aromatic N) is 1. The highest BCUT2D eigenvalue weighted by Crippen LogP contribution is 1.28. The summed E-state index contributed by atoms with van der Waals surface area (Å²) in [5, 5.41) is 0. The lowest BCUT2D eigenvalue weighted by Gasteiger charge is -1.36. The monoisotopic (exact) mass is 101 g/mol. The largest absolute Gasteiger partial charge is 0.373 e. The maximum absolute atomic E-state index is 8.88. The molecule has 0 aromatic rings. The van der Waals surface area contributed by atoms with Gasteiger partial charge in [0, 0.05) is 7.05 Å². The summed E-state index contributed by atoms with van der Waals surface area (Å²) in [6, 6.07) is 0. The topological polar surface area (TPSA) is 63.6 Å². The lowest BCUT2D eigenvalue weighted by Crippen LogP contribution is -1.38. The molecule has 0 heterocycles. The summed E-state index contributed by atoms with van der Waals surface area (Å²) in [4.78, 5) is 28.1. The third kappa shape index (κ3) is 630.